The average Bonchev–Trinajstić information content (AvgIpc) is 3.00. The molecule has 4 rings (SSSR count). The second-order valence-electron chi connectivity index (χ2n) is 7.31. The fourth-order valence-corrected chi connectivity index (χ4v) is 4.39. The number of amides is 1. The highest BCUT2D eigenvalue weighted by Gasteiger charge is 2.33. The minimum Gasteiger partial charge on any atom is -0.481 e. The van der Waals surface area contributed by atoms with E-state index in [1.807, 2.05) is 24.3 Å². The number of carbonyl (C=O) groups is 2. The molecule has 0 heterocycles. The zero-order valence-corrected chi connectivity index (χ0v) is 15.1. The van der Waals surface area contributed by atoms with Crippen molar-refractivity contribution in [2.24, 2.45) is 5.92 Å². The van der Waals surface area contributed by atoms with Gasteiger partial charge in [-0.3, -0.25) is 4.79 Å². The van der Waals surface area contributed by atoms with E-state index in [2.05, 4.69) is 29.6 Å². The summed E-state index contributed by atoms with van der Waals surface area (Å²) in [5, 5.41) is 12.1. The highest BCUT2D eigenvalue weighted by molar-refractivity contribution is 5.79. The Balaban J connectivity index is 1.44. The van der Waals surface area contributed by atoms with Gasteiger partial charge < -0.3 is 15.2 Å². The predicted octanol–water partition coefficient (Wildman–Crippen LogP) is 4.17. The van der Waals surface area contributed by atoms with Crippen LogP contribution in [0.4, 0.5) is 4.79 Å². The Morgan fingerprint density at radius 1 is 0.963 bits per heavy atom. The van der Waals surface area contributed by atoms with Crippen molar-refractivity contribution in [1.29, 1.82) is 0 Å². The van der Waals surface area contributed by atoms with Crippen LogP contribution in [0.1, 0.15) is 42.7 Å². The van der Waals surface area contributed by atoms with Gasteiger partial charge >= 0.3 is 12.1 Å². The van der Waals surface area contributed by atoms with Gasteiger partial charge in [0.1, 0.15) is 6.61 Å². The lowest BCUT2D eigenvalue weighted by molar-refractivity contribution is -0.143. The first-order valence-corrected chi connectivity index (χ1v) is 9.49. The van der Waals surface area contributed by atoms with Gasteiger partial charge in [-0.05, 0) is 35.1 Å². The van der Waals surface area contributed by atoms with Crippen LogP contribution in [0.3, 0.4) is 0 Å². The number of nitrogens with one attached hydrogen (secondary N) is 1. The Hall–Kier alpha value is -2.82. The average molecular weight is 365 g/mol. The van der Waals surface area contributed by atoms with Crippen LogP contribution in [-0.4, -0.2) is 29.8 Å². The molecule has 1 saturated carbocycles. The number of carboxylic acids is 1. The molecule has 2 atom stereocenters. The number of alkyl carbamates (subject to hydrolysis) is 1. The normalized spacial score (nSPS) is 21.2. The lowest BCUT2D eigenvalue weighted by Gasteiger charge is -2.29. The summed E-state index contributed by atoms with van der Waals surface area (Å²) in [7, 11) is 0. The fourth-order valence-electron chi connectivity index (χ4n) is 4.39. The smallest absolute Gasteiger partial charge is 0.407 e. The topological polar surface area (TPSA) is 75.6 Å². The van der Waals surface area contributed by atoms with Gasteiger partial charge in [0.05, 0.1) is 5.92 Å². The van der Waals surface area contributed by atoms with E-state index in [9.17, 15) is 14.7 Å². The van der Waals surface area contributed by atoms with Crippen molar-refractivity contribution in [3.63, 3.8) is 0 Å². The van der Waals surface area contributed by atoms with E-state index in [4.69, 9.17) is 4.74 Å². The molecule has 0 spiro atoms. The third kappa shape index (κ3) is 3.42. The summed E-state index contributed by atoms with van der Waals surface area (Å²) in [6, 6.07) is 16.0. The summed E-state index contributed by atoms with van der Waals surface area (Å²) < 4.78 is 5.53. The van der Waals surface area contributed by atoms with E-state index in [0.29, 0.717) is 12.8 Å². The van der Waals surface area contributed by atoms with Gasteiger partial charge in [0.25, 0.3) is 0 Å². The maximum atomic E-state index is 12.3. The van der Waals surface area contributed by atoms with Crippen LogP contribution in [0.15, 0.2) is 48.5 Å². The molecule has 0 aromatic heterocycles. The largest absolute Gasteiger partial charge is 0.481 e. The first-order chi connectivity index (χ1) is 13.1. The molecule has 1 unspecified atom stereocenters. The predicted molar refractivity (Wildman–Crippen MR) is 102 cm³/mol. The van der Waals surface area contributed by atoms with Crippen molar-refractivity contribution in [1.82, 2.24) is 5.32 Å². The number of carboxylic acid groups (broad SMARTS) is 1. The summed E-state index contributed by atoms with van der Waals surface area (Å²) >= 11 is 0. The van der Waals surface area contributed by atoms with Gasteiger partial charge in [0.15, 0.2) is 0 Å². The first-order valence-electron chi connectivity index (χ1n) is 9.49. The molecular formula is C22H23NO4. The number of aliphatic carboxylic acids is 1. The molecule has 0 saturated heterocycles. The Kier molecular flexibility index (Phi) is 4.84. The van der Waals surface area contributed by atoms with E-state index < -0.39 is 18.0 Å². The van der Waals surface area contributed by atoms with Crippen LogP contribution in [0.5, 0.6) is 0 Å². The standard InChI is InChI=1S/C22H23NO4/c24-21(25)18-11-5-6-12-20(18)23-22(26)27-13-19-16-9-3-1-7-14(16)15-8-2-4-10-17(15)19/h1-4,7-10,18-20H,5-6,11-13H2,(H,23,26)(H,24,25)/t18?,20-/m1/s1. The Morgan fingerprint density at radius 3 is 2.19 bits per heavy atom. The third-order valence-electron chi connectivity index (χ3n) is 5.73. The summed E-state index contributed by atoms with van der Waals surface area (Å²) in [6.45, 7) is 0.240. The maximum absolute atomic E-state index is 12.3. The molecule has 0 aliphatic heterocycles. The number of benzene rings is 2. The zero-order chi connectivity index (χ0) is 18.8. The summed E-state index contributed by atoms with van der Waals surface area (Å²) in [4.78, 5) is 23.7. The number of fused-ring (bicyclic) bond motifs is 3. The molecule has 5 heteroatoms. The zero-order valence-electron chi connectivity index (χ0n) is 15.1. The lowest BCUT2D eigenvalue weighted by Crippen LogP contribution is -2.45. The molecule has 5 nitrogen and oxygen atoms in total. The molecule has 0 radical (unpaired) electrons. The van der Waals surface area contributed by atoms with Crippen LogP contribution < -0.4 is 5.32 Å². The number of carbonyl (C=O) groups excluding carboxylic acids is 1. The molecule has 2 aromatic rings. The molecule has 2 aliphatic carbocycles. The van der Waals surface area contributed by atoms with Crippen LogP contribution in [0.25, 0.3) is 11.1 Å². The number of hydrogen-bond acceptors (Lipinski definition) is 3. The van der Waals surface area contributed by atoms with Gasteiger partial charge in [-0.15, -0.1) is 0 Å². The maximum Gasteiger partial charge on any atom is 0.407 e. The van der Waals surface area contributed by atoms with Crippen LogP contribution in [-0.2, 0) is 9.53 Å². The highest BCUT2D eigenvalue weighted by atomic mass is 16.5. The Bertz CT molecular complexity index is 817. The minimum absolute atomic E-state index is 0.00442. The number of hydrogen-bond donors (Lipinski definition) is 2. The summed E-state index contributed by atoms with van der Waals surface area (Å²) in [5.74, 6) is -1.37. The van der Waals surface area contributed by atoms with Crippen molar-refractivity contribution in [3.05, 3.63) is 59.7 Å². The molecule has 1 fully saturated rings. The molecular weight excluding hydrogens is 342 g/mol. The second kappa shape index (κ2) is 7.43. The Morgan fingerprint density at radius 2 is 1.56 bits per heavy atom. The molecule has 27 heavy (non-hydrogen) atoms. The van der Waals surface area contributed by atoms with Gasteiger partial charge in [-0.25, -0.2) is 4.79 Å². The lowest BCUT2D eigenvalue weighted by atomic mass is 9.84. The van der Waals surface area contributed by atoms with Crippen molar-refractivity contribution in [3.8, 4) is 11.1 Å². The fraction of sp³-hybridized carbons (Fsp3) is 0.364. The number of rotatable bonds is 4. The van der Waals surface area contributed by atoms with E-state index in [1.54, 1.807) is 0 Å². The molecule has 0 bridgehead atoms. The van der Waals surface area contributed by atoms with Crippen LogP contribution in [0.2, 0.25) is 0 Å². The molecule has 1 amide bonds. The van der Waals surface area contributed by atoms with Crippen LogP contribution in [0, 0.1) is 5.92 Å². The minimum atomic E-state index is -0.848. The van der Waals surface area contributed by atoms with Gasteiger partial charge in [-0.2, -0.15) is 0 Å². The van der Waals surface area contributed by atoms with Gasteiger partial charge in [-0.1, -0.05) is 61.4 Å². The quantitative estimate of drug-likeness (QED) is 0.853. The SMILES string of the molecule is O=C(N[C@@H]1CCCCC1C(=O)O)OCC1c2ccccc2-c2ccccc21. The molecule has 2 N–H and O–H groups in total. The van der Waals surface area contributed by atoms with Gasteiger partial charge in [0, 0.05) is 12.0 Å². The first kappa shape index (κ1) is 17.6. The molecule has 140 valence electrons. The van der Waals surface area contributed by atoms with Crippen molar-refractivity contribution < 1.29 is 19.4 Å². The monoisotopic (exact) mass is 365 g/mol. The van der Waals surface area contributed by atoms with E-state index in [-0.39, 0.29) is 18.6 Å². The summed E-state index contributed by atoms with van der Waals surface area (Å²) in [5.41, 5.74) is 4.68. The summed E-state index contributed by atoms with van der Waals surface area (Å²) in [6.07, 6.45) is 2.57. The van der Waals surface area contributed by atoms with E-state index in [0.717, 1.165) is 24.0 Å². The molecule has 2 aliphatic rings. The van der Waals surface area contributed by atoms with Crippen molar-refractivity contribution >= 4 is 12.1 Å². The number of ether oxygens (including phenoxy) is 1. The van der Waals surface area contributed by atoms with Gasteiger partial charge in [0.2, 0.25) is 0 Å². The van der Waals surface area contributed by atoms with Crippen molar-refractivity contribution in [2.75, 3.05) is 6.61 Å². The van der Waals surface area contributed by atoms with Crippen molar-refractivity contribution in [2.45, 2.75) is 37.6 Å². The molecule has 2 aromatic carbocycles. The van der Waals surface area contributed by atoms with E-state index in [1.165, 1.54) is 11.1 Å². The van der Waals surface area contributed by atoms with E-state index >= 15 is 0 Å². The van der Waals surface area contributed by atoms with Crippen LogP contribution >= 0.6 is 0 Å². The second-order valence-corrected chi connectivity index (χ2v) is 7.31. The Labute approximate surface area is 158 Å². The highest BCUT2D eigenvalue weighted by Crippen LogP contribution is 2.44. The third-order valence-corrected chi connectivity index (χ3v) is 5.73.